The number of rotatable bonds is 0. The van der Waals surface area contributed by atoms with Gasteiger partial charge in [-0.05, 0) is 24.3 Å². The van der Waals surface area contributed by atoms with Crippen molar-refractivity contribution in [1.82, 2.24) is 4.98 Å². The van der Waals surface area contributed by atoms with Crippen molar-refractivity contribution in [2.75, 3.05) is 0 Å². The Labute approximate surface area is 158 Å². The van der Waals surface area contributed by atoms with E-state index in [0.29, 0.717) is 38.3 Å². The fourth-order valence-electron chi connectivity index (χ4n) is 4.13. The van der Waals surface area contributed by atoms with E-state index in [-0.39, 0.29) is 22.7 Å². The topological polar surface area (TPSA) is 93.0 Å². The maximum Gasteiger partial charge on any atom is 0.196 e. The molecule has 2 aliphatic carbocycles. The van der Waals surface area contributed by atoms with Gasteiger partial charge in [0.2, 0.25) is 0 Å². The predicted octanol–water partition coefficient (Wildman–Crippen LogP) is 3.27. The van der Waals surface area contributed by atoms with E-state index in [0.717, 1.165) is 0 Å². The average molecular weight is 377 g/mol. The van der Waals surface area contributed by atoms with Crippen molar-refractivity contribution in [3.8, 4) is 0 Å². The van der Waals surface area contributed by atoms with Crippen LogP contribution in [-0.4, -0.2) is 16.6 Å². The largest absolute Gasteiger partial charge is 0.401 e. The molecule has 2 aliphatic rings. The molecule has 1 heterocycles. The number of carbonyl (C=O) groups excluding carboxylic acids is 2. The van der Waals surface area contributed by atoms with Crippen LogP contribution in [0.5, 0.6) is 0 Å². The molecule has 3 N–H and O–H groups in total. The summed E-state index contributed by atoms with van der Waals surface area (Å²) in [4.78, 5) is 42.4. The van der Waals surface area contributed by atoms with Crippen molar-refractivity contribution < 1.29 is 9.59 Å². The summed E-state index contributed by atoms with van der Waals surface area (Å²) in [7, 11) is 0. The molecule has 0 aliphatic heterocycles. The van der Waals surface area contributed by atoms with Crippen LogP contribution in [0.3, 0.4) is 0 Å². The second-order valence-electron chi connectivity index (χ2n) is 6.85. The first kappa shape index (κ1) is 16.0. The van der Waals surface area contributed by atoms with Crippen LogP contribution in [0.15, 0.2) is 53.0 Å². The molecule has 1 aromatic heterocycles. The maximum atomic E-state index is 13.2. The van der Waals surface area contributed by atoms with Gasteiger partial charge in [-0.1, -0.05) is 35.9 Å². The smallest absolute Gasteiger partial charge is 0.196 e. The monoisotopic (exact) mass is 376 g/mol. The molecule has 2 unspecified atom stereocenters. The van der Waals surface area contributed by atoms with E-state index in [1.54, 1.807) is 42.5 Å². The number of pyridine rings is 1. The number of benzene rings is 2. The highest BCUT2D eigenvalue weighted by molar-refractivity contribution is 6.31. The molecule has 5 rings (SSSR count). The molecule has 2 atom stereocenters. The van der Waals surface area contributed by atoms with E-state index in [4.69, 9.17) is 17.3 Å². The summed E-state index contributed by atoms with van der Waals surface area (Å²) in [5, 5.41) is 0.924. The Morgan fingerprint density at radius 1 is 0.926 bits per heavy atom. The number of ketones is 2. The molecule has 0 saturated heterocycles. The Balaban J connectivity index is 1.85. The number of allylic oxidation sites excluding steroid dienone is 1. The van der Waals surface area contributed by atoms with Crippen LogP contribution in [0.25, 0.3) is 17.0 Å². The quantitative estimate of drug-likeness (QED) is 0.629. The summed E-state index contributed by atoms with van der Waals surface area (Å²) in [5.74, 6) is -2.08. The second kappa shape index (κ2) is 5.41. The molecule has 5 nitrogen and oxygen atoms in total. The molecule has 6 heteroatoms. The van der Waals surface area contributed by atoms with E-state index in [9.17, 15) is 14.4 Å². The molecule has 0 radical (unpaired) electrons. The molecule has 3 aromatic rings. The minimum Gasteiger partial charge on any atom is -0.401 e. The highest BCUT2D eigenvalue weighted by Gasteiger charge is 2.47. The predicted molar refractivity (Wildman–Crippen MR) is 103 cm³/mol. The molecule has 0 saturated carbocycles. The third-order valence-corrected chi connectivity index (χ3v) is 5.60. The van der Waals surface area contributed by atoms with Crippen LogP contribution in [0.4, 0.5) is 0 Å². The van der Waals surface area contributed by atoms with Gasteiger partial charge < -0.3 is 10.7 Å². The Hall–Kier alpha value is -3.18. The van der Waals surface area contributed by atoms with Crippen molar-refractivity contribution in [1.29, 1.82) is 0 Å². The van der Waals surface area contributed by atoms with E-state index < -0.39 is 11.8 Å². The fraction of sp³-hybridized carbons (Fsp3) is 0.0952. The van der Waals surface area contributed by atoms with Gasteiger partial charge in [0.05, 0.1) is 17.4 Å². The Morgan fingerprint density at radius 3 is 2.30 bits per heavy atom. The van der Waals surface area contributed by atoms with Gasteiger partial charge in [0.1, 0.15) is 0 Å². The van der Waals surface area contributed by atoms with Gasteiger partial charge in [-0.3, -0.25) is 14.4 Å². The highest BCUT2D eigenvalue weighted by atomic mass is 35.5. The van der Waals surface area contributed by atoms with Gasteiger partial charge in [-0.15, -0.1) is 0 Å². The zero-order valence-electron chi connectivity index (χ0n) is 14.0. The third-order valence-electron chi connectivity index (χ3n) is 5.37. The highest BCUT2D eigenvalue weighted by Crippen LogP contribution is 2.43. The van der Waals surface area contributed by atoms with E-state index in [1.165, 1.54) is 6.08 Å². The van der Waals surface area contributed by atoms with Crippen molar-refractivity contribution in [3.63, 3.8) is 0 Å². The van der Waals surface area contributed by atoms with Gasteiger partial charge in [0.15, 0.2) is 17.0 Å². The van der Waals surface area contributed by atoms with E-state index >= 15 is 0 Å². The first-order valence-electron chi connectivity index (χ1n) is 8.47. The van der Waals surface area contributed by atoms with Gasteiger partial charge in [0.25, 0.3) is 0 Å². The molecule has 0 spiro atoms. The molecule has 0 amide bonds. The Kier molecular flexibility index (Phi) is 3.21. The van der Waals surface area contributed by atoms with Crippen LogP contribution < -0.4 is 11.2 Å². The molecule has 2 aromatic carbocycles. The van der Waals surface area contributed by atoms with Crippen LogP contribution >= 0.6 is 11.6 Å². The lowest BCUT2D eigenvalue weighted by Gasteiger charge is -2.34. The van der Waals surface area contributed by atoms with Gasteiger partial charge in [-0.2, -0.15) is 0 Å². The minimum absolute atomic E-state index is 0.207. The number of nitrogens with two attached hydrogens (primary N) is 1. The van der Waals surface area contributed by atoms with Crippen molar-refractivity contribution in [2.45, 2.75) is 5.92 Å². The lowest BCUT2D eigenvalue weighted by atomic mass is 9.68. The first-order chi connectivity index (χ1) is 13.0. The molecule has 0 bridgehead atoms. The number of hydrogen-bond acceptors (Lipinski definition) is 4. The van der Waals surface area contributed by atoms with Crippen LogP contribution in [-0.2, 0) is 0 Å². The van der Waals surface area contributed by atoms with Crippen molar-refractivity contribution in [2.24, 2.45) is 11.7 Å². The average Bonchev–Trinajstić information content (AvgIpc) is 2.66. The molecule has 27 heavy (non-hydrogen) atoms. The lowest BCUT2D eigenvalue weighted by molar-refractivity contribution is 0.0810. The zero-order valence-corrected chi connectivity index (χ0v) is 14.7. The van der Waals surface area contributed by atoms with Crippen molar-refractivity contribution >= 4 is 40.1 Å². The van der Waals surface area contributed by atoms with Crippen molar-refractivity contribution in [3.05, 3.63) is 85.8 Å². The second-order valence-corrected chi connectivity index (χ2v) is 7.28. The van der Waals surface area contributed by atoms with Crippen LogP contribution in [0.2, 0.25) is 5.02 Å². The number of fused-ring (bicyclic) bond motifs is 5. The minimum atomic E-state index is -0.844. The number of H-pyrrole nitrogens is 1. The SMILES string of the molecule is NC1=Cc2c([nH]c3cc(Cl)ccc3c2=O)C2C(=O)c3ccccc3C(=O)C12. The van der Waals surface area contributed by atoms with Crippen LogP contribution in [0.1, 0.15) is 37.9 Å². The third kappa shape index (κ3) is 2.09. The van der Waals surface area contributed by atoms with Gasteiger partial charge >= 0.3 is 0 Å². The number of Topliss-reactive ketones (excluding diaryl/α,β-unsaturated/α-hetero) is 2. The number of aromatic nitrogens is 1. The molecule has 0 fully saturated rings. The Bertz CT molecular complexity index is 1270. The number of hydrogen-bond donors (Lipinski definition) is 2. The first-order valence-corrected chi connectivity index (χ1v) is 8.85. The van der Waals surface area contributed by atoms with Crippen LogP contribution in [0, 0.1) is 5.92 Å². The number of carbonyl (C=O) groups is 2. The summed E-state index contributed by atoms with van der Waals surface area (Å²) in [6, 6.07) is 11.6. The standard InChI is InChI=1S/C21H13ClN2O3/c22-9-5-6-12-15(7-9)24-18-13(19(12)25)8-14(23)16-17(18)21(27)11-4-2-1-3-10(11)20(16)26/h1-8,16-17H,23H2,(H,24,25). The summed E-state index contributed by atoms with van der Waals surface area (Å²) < 4.78 is 0. The number of halogens is 1. The van der Waals surface area contributed by atoms with Gasteiger partial charge in [0, 0.05) is 38.5 Å². The number of nitrogens with one attached hydrogen (secondary N) is 1. The summed E-state index contributed by atoms with van der Waals surface area (Å²) in [6.07, 6.45) is 1.52. The lowest BCUT2D eigenvalue weighted by Crippen LogP contribution is -2.41. The zero-order chi connectivity index (χ0) is 18.9. The number of aromatic amines is 1. The summed E-state index contributed by atoms with van der Waals surface area (Å²) >= 11 is 6.06. The fourth-order valence-corrected chi connectivity index (χ4v) is 4.31. The molecular weight excluding hydrogens is 364 g/mol. The van der Waals surface area contributed by atoms with E-state index in [2.05, 4.69) is 4.98 Å². The summed E-state index contributed by atoms with van der Waals surface area (Å²) in [5.41, 5.74) is 8.16. The normalized spacial score (nSPS) is 20.7. The molecular formula is C21H13ClN2O3. The van der Waals surface area contributed by atoms with E-state index in [1.807, 2.05) is 0 Å². The summed E-state index contributed by atoms with van der Waals surface area (Å²) in [6.45, 7) is 0. The van der Waals surface area contributed by atoms with Gasteiger partial charge in [-0.25, -0.2) is 0 Å². The maximum absolute atomic E-state index is 13.2. The molecule has 132 valence electrons. The Morgan fingerprint density at radius 2 is 1.59 bits per heavy atom.